The summed E-state index contributed by atoms with van der Waals surface area (Å²) in [5.74, 6) is 2.42. The van der Waals surface area contributed by atoms with E-state index in [2.05, 4.69) is 30.0 Å². The number of piperidine rings is 1. The van der Waals surface area contributed by atoms with Crippen molar-refractivity contribution in [1.29, 1.82) is 0 Å². The molecule has 4 aromatic rings. The van der Waals surface area contributed by atoms with Crippen molar-refractivity contribution in [3.63, 3.8) is 0 Å². The highest BCUT2D eigenvalue weighted by atomic mass is 35.5. The van der Waals surface area contributed by atoms with Crippen LogP contribution < -0.4 is 10.5 Å². The van der Waals surface area contributed by atoms with Crippen molar-refractivity contribution in [3.05, 3.63) is 58.2 Å². The second-order valence-electron chi connectivity index (χ2n) is 7.85. The van der Waals surface area contributed by atoms with E-state index in [9.17, 15) is 4.79 Å². The van der Waals surface area contributed by atoms with Crippen molar-refractivity contribution >= 4 is 28.5 Å². The summed E-state index contributed by atoms with van der Waals surface area (Å²) in [6, 6.07) is 3.80. The monoisotopic (exact) mass is 424 g/mol. The molecule has 30 heavy (non-hydrogen) atoms. The Balaban J connectivity index is 1.16. The van der Waals surface area contributed by atoms with Crippen LogP contribution in [0.25, 0.3) is 11.2 Å². The highest BCUT2D eigenvalue weighted by molar-refractivity contribution is 6.29. The predicted molar refractivity (Wildman–Crippen MR) is 107 cm³/mol. The largest absolute Gasteiger partial charge is 0.370 e. The summed E-state index contributed by atoms with van der Waals surface area (Å²) < 4.78 is 8.55. The molecule has 0 spiro atoms. The van der Waals surface area contributed by atoms with Gasteiger partial charge >= 0.3 is 0 Å². The molecule has 0 amide bonds. The van der Waals surface area contributed by atoms with E-state index in [4.69, 9.17) is 16.1 Å². The Morgan fingerprint density at radius 1 is 1.17 bits per heavy atom. The minimum Gasteiger partial charge on any atom is -0.370 e. The number of aryl methyl sites for hydroxylation is 1. The number of imidazole rings is 1. The Bertz CT molecular complexity index is 1300. The predicted octanol–water partition coefficient (Wildman–Crippen LogP) is 1.46. The molecular weight excluding hydrogens is 408 g/mol. The molecule has 3 atom stereocenters. The van der Waals surface area contributed by atoms with Crippen molar-refractivity contribution in [2.75, 3.05) is 18.0 Å². The van der Waals surface area contributed by atoms with Crippen LogP contribution in [0, 0.1) is 11.8 Å². The smallest absolute Gasteiger partial charge is 0.280 e. The van der Waals surface area contributed by atoms with Crippen LogP contribution in [0.3, 0.4) is 0 Å². The summed E-state index contributed by atoms with van der Waals surface area (Å²) in [7, 11) is 1.77. The molecule has 1 saturated heterocycles. The van der Waals surface area contributed by atoms with Crippen molar-refractivity contribution < 1.29 is 4.52 Å². The summed E-state index contributed by atoms with van der Waals surface area (Å²) in [5.41, 5.74) is 1.77. The Kier molecular flexibility index (Phi) is 3.73. The lowest BCUT2D eigenvalue weighted by Gasteiger charge is -2.20. The number of hydrogen-bond donors (Lipinski definition) is 0. The summed E-state index contributed by atoms with van der Waals surface area (Å²) in [4.78, 5) is 32.0. The summed E-state index contributed by atoms with van der Waals surface area (Å²) in [5, 5.41) is 4.68. The van der Waals surface area contributed by atoms with Gasteiger partial charge in [-0.05, 0) is 24.0 Å². The standard InChI is InChI=1S/C19H17ClN8O2/c1-26-8-22-18-16(26)19(29)28(9-23-18)7-14-24-17(25-30-14)15-11-5-27(6-12(11)15)10-2-3-13(20)21-4-10/h2-4,8-9,11-12,15H,5-7H2,1H3/t11-,12+,15?. The van der Waals surface area contributed by atoms with Crippen molar-refractivity contribution in [2.24, 2.45) is 18.9 Å². The van der Waals surface area contributed by atoms with Crippen molar-refractivity contribution in [1.82, 2.24) is 34.2 Å². The number of hydrogen-bond acceptors (Lipinski definition) is 8. The van der Waals surface area contributed by atoms with Gasteiger partial charge < -0.3 is 14.0 Å². The lowest BCUT2D eigenvalue weighted by atomic mass is 10.2. The molecule has 4 aromatic heterocycles. The van der Waals surface area contributed by atoms with Crippen LogP contribution in [-0.2, 0) is 13.6 Å². The van der Waals surface area contributed by atoms with Crippen LogP contribution in [0.2, 0.25) is 5.15 Å². The molecule has 11 heteroatoms. The first kappa shape index (κ1) is 17.6. The van der Waals surface area contributed by atoms with Gasteiger partial charge in [0.25, 0.3) is 5.56 Å². The summed E-state index contributed by atoms with van der Waals surface area (Å²) in [6.07, 6.45) is 4.84. The number of halogens is 1. The molecular formula is C19H17ClN8O2. The van der Waals surface area contributed by atoms with E-state index < -0.39 is 0 Å². The average molecular weight is 425 g/mol. The fraction of sp³-hybridized carbons (Fsp3) is 0.368. The molecule has 5 heterocycles. The zero-order valence-electron chi connectivity index (χ0n) is 16.0. The van der Waals surface area contributed by atoms with Crippen LogP contribution in [-0.4, -0.2) is 47.3 Å². The van der Waals surface area contributed by atoms with Crippen LogP contribution in [0.15, 0.2) is 40.3 Å². The van der Waals surface area contributed by atoms with Gasteiger partial charge in [-0.2, -0.15) is 4.98 Å². The maximum absolute atomic E-state index is 12.7. The van der Waals surface area contributed by atoms with Crippen LogP contribution in [0.1, 0.15) is 17.6 Å². The first-order valence-corrected chi connectivity index (χ1v) is 10.0. The van der Waals surface area contributed by atoms with E-state index in [1.54, 1.807) is 24.1 Å². The van der Waals surface area contributed by atoms with Crippen molar-refractivity contribution in [3.8, 4) is 0 Å². The molecule has 0 bridgehead atoms. The fourth-order valence-corrected chi connectivity index (χ4v) is 4.58. The third kappa shape index (κ3) is 2.71. The lowest BCUT2D eigenvalue weighted by molar-refractivity contribution is 0.363. The number of rotatable bonds is 4. The average Bonchev–Trinajstić information content (AvgIpc) is 3.16. The maximum atomic E-state index is 12.7. The minimum absolute atomic E-state index is 0.185. The Hall–Kier alpha value is -3.27. The summed E-state index contributed by atoms with van der Waals surface area (Å²) >= 11 is 5.87. The second-order valence-corrected chi connectivity index (χ2v) is 8.24. The molecule has 1 aliphatic carbocycles. The molecule has 6 rings (SSSR count). The molecule has 152 valence electrons. The zero-order valence-corrected chi connectivity index (χ0v) is 16.8. The number of fused-ring (bicyclic) bond motifs is 2. The van der Waals surface area contributed by atoms with Gasteiger partial charge in [-0.25, -0.2) is 15.0 Å². The SMILES string of the molecule is Cn1cnc2ncn(Cc3nc(C4[C@H]5CN(c6ccc(Cl)nc6)C[C@@H]45)no3)c(=O)c21. The van der Waals surface area contributed by atoms with Gasteiger partial charge in [-0.15, -0.1) is 0 Å². The first-order valence-electron chi connectivity index (χ1n) is 9.64. The molecule has 0 N–H and O–H groups in total. The van der Waals surface area contributed by atoms with Gasteiger partial charge in [0.15, 0.2) is 17.0 Å². The number of aromatic nitrogens is 7. The maximum Gasteiger partial charge on any atom is 0.280 e. The van der Waals surface area contributed by atoms with E-state index in [0.29, 0.717) is 40.0 Å². The normalized spacial score (nSPS) is 22.6. The van der Waals surface area contributed by atoms with E-state index in [1.165, 1.54) is 10.9 Å². The van der Waals surface area contributed by atoms with Gasteiger partial charge in [0.1, 0.15) is 18.0 Å². The lowest BCUT2D eigenvalue weighted by Crippen LogP contribution is -2.24. The highest BCUT2D eigenvalue weighted by Gasteiger charge is 2.58. The van der Waals surface area contributed by atoms with E-state index >= 15 is 0 Å². The number of pyridine rings is 1. The van der Waals surface area contributed by atoms with Gasteiger partial charge in [-0.1, -0.05) is 16.8 Å². The van der Waals surface area contributed by atoms with Gasteiger partial charge in [0, 0.05) is 26.1 Å². The van der Waals surface area contributed by atoms with Gasteiger partial charge in [-0.3, -0.25) is 9.36 Å². The minimum atomic E-state index is -0.185. The Morgan fingerprint density at radius 2 is 1.97 bits per heavy atom. The zero-order chi connectivity index (χ0) is 20.4. The molecule has 0 radical (unpaired) electrons. The molecule has 0 aromatic carbocycles. The molecule has 1 saturated carbocycles. The van der Waals surface area contributed by atoms with Gasteiger partial charge in [0.2, 0.25) is 5.89 Å². The first-order chi connectivity index (χ1) is 14.6. The third-order valence-electron chi connectivity index (χ3n) is 6.06. The fourth-order valence-electron chi connectivity index (χ4n) is 4.47. The topological polar surface area (TPSA) is 108 Å². The molecule has 2 aliphatic rings. The molecule has 2 fully saturated rings. The van der Waals surface area contributed by atoms with Crippen LogP contribution in [0.5, 0.6) is 0 Å². The van der Waals surface area contributed by atoms with E-state index in [1.807, 2.05) is 12.1 Å². The van der Waals surface area contributed by atoms with E-state index in [0.717, 1.165) is 24.6 Å². The van der Waals surface area contributed by atoms with Crippen LogP contribution >= 0.6 is 11.6 Å². The number of nitrogens with zero attached hydrogens (tertiary/aromatic N) is 8. The number of anilines is 1. The highest BCUT2D eigenvalue weighted by Crippen LogP contribution is 2.57. The van der Waals surface area contributed by atoms with Crippen LogP contribution in [0.4, 0.5) is 5.69 Å². The van der Waals surface area contributed by atoms with E-state index in [-0.39, 0.29) is 12.1 Å². The molecule has 10 nitrogen and oxygen atoms in total. The Morgan fingerprint density at radius 3 is 2.73 bits per heavy atom. The Labute approximate surface area is 175 Å². The third-order valence-corrected chi connectivity index (χ3v) is 6.28. The molecule has 1 aliphatic heterocycles. The van der Waals surface area contributed by atoms with Gasteiger partial charge in [0.05, 0.1) is 18.2 Å². The van der Waals surface area contributed by atoms with Crippen molar-refractivity contribution in [2.45, 2.75) is 12.5 Å². The second kappa shape index (κ2) is 6.36. The molecule has 1 unspecified atom stereocenters. The summed E-state index contributed by atoms with van der Waals surface area (Å²) in [6.45, 7) is 2.05. The quantitative estimate of drug-likeness (QED) is 0.453.